The minimum absolute atomic E-state index is 0.125. The average Bonchev–Trinajstić information content (AvgIpc) is 2.49. The monoisotopic (exact) mass is 327 g/mol. The highest BCUT2D eigenvalue weighted by molar-refractivity contribution is 7.89. The summed E-state index contributed by atoms with van der Waals surface area (Å²) in [6, 6.07) is 4.76. The van der Waals surface area contributed by atoms with Crippen molar-refractivity contribution in [3.63, 3.8) is 0 Å². The molecule has 0 aromatic heterocycles. The molecule has 0 bridgehead atoms. The summed E-state index contributed by atoms with van der Waals surface area (Å²) < 4.78 is 44.1. The smallest absolute Gasteiger partial charge is 0.243 e. The molecule has 1 fully saturated rings. The third kappa shape index (κ3) is 2.68. The zero-order valence-electron chi connectivity index (χ0n) is 13.0. The summed E-state index contributed by atoms with van der Waals surface area (Å²) in [4.78, 5) is 0.221. The normalized spacial score (nSPS) is 25.0. The molecule has 0 radical (unpaired) electrons. The van der Waals surface area contributed by atoms with E-state index in [1.54, 1.807) is 18.2 Å². The number of fused-ring (bicyclic) bond motifs is 1. The minimum atomic E-state index is -3.62. The second-order valence-electron chi connectivity index (χ2n) is 6.28. The number of morpholine rings is 1. The Balaban J connectivity index is 1.98. The van der Waals surface area contributed by atoms with Gasteiger partial charge in [-0.2, -0.15) is 4.31 Å². The first-order valence-electron chi connectivity index (χ1n) is 7.35. The van der Waals surface area contributed by atoms with Gasteiger partial charge in [0.1, 0.15) is 13.2 Å². The van der Waals surface area contributed by atoms with E-state index in [4.69, 9.17) is 14.2 Å². The van der Waals surface area contributed by atoms with Crippen molar-refractivity contribution >= 4 is 10.0 Å². The number of benzene rings is 1. The Morgan fingerprint density at radius 2 is 1.86 bits per heavy atom. The molecule has 0 spiro atoms. The van der Waals surface area contributed by atoms with Gasteiger partial charge in [0.2, 0.25) is 10.0 Å². The van der Waals surface area contributed by atoms with E-state index in [0.29, 0.717) is 37.9 Å². The standard InChI is InChI=1S/C15H21NO5S/c1-11-9-16(15(2,3)10-21-11)22(17,18)12-4-5-13-14(8-12)20-7-6-19-13/h4-5,8,11H,6-7,9-10H2,1-3H3. The highest BCUT2D eigenvalue weighted by Gasteiger charge is 2.42. The molecular weight excluding hydrogens is 306 g/mol. The highest BCUT2D eigenvalue weighted by atomic mass is 32.2. The van der Waals surface area contributed by atoms with Crippen molar-refractivity contribution in [2.24, 2.45) is 0 Å². The van der Waals surface area contributed by atoms with E-state index in [2.05, 4.69) is 0 Å². The van der Waals surface area contributed by atoms with Gasteiger partial charge < -0.3 is 14.2 Å². The van der Waals surface area contributed by atoms with Gasteiger partial charge in [-0.25, -0.2) is 8.42 Å². The molecule has 1 aromatic rings. The van der Waals surface area contributed by atoms with Crippen molar-refractivity contribution in [3.8, 4) is 11.5 Å². The summed E-state index contributed by atoms with van der Waals surface area (Å²) >= 11 is 0. The predicted octanol–water partition coefficient (Wildman–Crippen LogP) is 1.65. The van der Waals surface area contributed by atoms with Gasteiger partial charge in [-0.15, -0.1) is 0 Å². The van der Waals surface area contributed by atoms with Crippen molar-refractivity contribution in [2.45, 2.75) is 37.3 Å². The summed E-state index contributed by atoms with van der Waals surface area (Å²) in [5.41, 5.74) is -0.585. The largest absolute Gasteiger partial charge is 0.486 e. The molecule has 1 saturated heterocycles. The van der Waals surface area contributed by atoms with Gasteiger partial charge in [-0.1, -0.05) is 0 Å². The third-order valence-electron chi connectivity index (χ3n) is 3.92. The lowest BCUT2D eigenvalue weighted by atomic mass is 10.1. The van der Waals surface area contributed by atoms with E-state index >= 15 is 0 Å². The van der Waals surface area contributed by atoms with Gasteiger partial charge in [-0.05, 0) is 32.9 Å². The fraction of sp³-hybridized carbons (Fsp3) is 0.600. The van der Waals surface area contributed by atoms with Gasteiger partial charge in [0, 0.05) is 12.6 Å². The lowest BCUT2D eigenvalue weighted by Gasteiger charge is -2.43. The topological polar surface area (TPSA) is 65.1 Å². The highest BCUT2D eigenvalue weighted by Crippen LogP contribution is 2.35. The van der Waals surface area contributed by atoms with E-state index in [1.165, 1.54) is 4.31 Å². The Labute approximate surface area is 131 Å². The minimum Gasteiger partial charge on any atom is -0.486 e. The molecule has 122 valence electrons. The first-order valence-corrected chi connectivity index (χ1v) is 8.79. The van der Waals surface area contributed by atoms with Crippen molar-refractivity contribution in [1.29, 1.82) is 0 Å². The van der Waals surface area contributed by atoms with E-state index in [0.717, 1.165) is 0 Å². The first-order chi connectivity index (χ1) is 10.3. The fourth-order valence-electron chi connectivity index (χ4n) is 2.69. The summed E-state index contributed by atoms with van der Waals surface area (Å²) in [6.07, 6.45) is -0.125. The van der Waals surface area contributed by atoms with Gasteiger partial charge in [-0.3, -0.25) is 0 Å². The summed E-state index contributed by atoms with van der Waals surface area (Å²) in [6.45, 7) is 7.23. The number of hydrogen-bond donors (Lipinski definition) is 0. The molecule has 6 nitrogen and oxygen atoms in total. The van der Waals surface area contributed by atoms with Crippen LogP contribution in [0, 0.1) is 0 Å². The van der Waals surface area contributed by atoms with Gasteiger partial charge in [0.15, 0.2) is 11.5 Å². The lowest BCUT2D eigenvalue weighted by molar-refractivity contribution is -0.0551. The van der Waals surface area contributed by atoms with E-state index in [-0.39, 0.29) is 11.0 Å². The van der Waals surface area contributed by atoms with E-state index in [1.807, 2.05) is 20.8 Å². The Morgan fingerprint density at radius 1 is 1.18 bits per heavy atom. The summed E-state index contributed by atoms with van der Waals surface area (Å²) in [5.74, 6) is 1.06. The van der Waals surface area contributed by atoms with Crippen LogP contribution in [0.25, 0.3) is 0 Å². The van der Waals surface area contributed by atoms with Crippen LogP contribution in [0.5, 0.6) is 11.5 Å². The van der Waals surface area contributed by atoms with Crippen LogP contribution in [0.1, 0.15) is 20.8 Å². The molecule has 2 aliphatic heterocycles. The van der Waals surface area contributed by atoms with E-state index in [9.17, 15) is 8.42 Å². The summed E-state index contributed by atoms with van der Waals surface area (Å²) in [5, 5.41) is 0. The number of nitrogens with zero attached hydrogens (tertiary/aromatic N) is 1. The Bertz CT molecular complexity index is 671. The molecule has 0 saturated carbocycles. The first kappa shape index (κ1) is 15.6. The molecule has 7 heteroatoms. The van der Waals surface area contributed by atoms with Crippen LogP contribution in [-0.2, 0) is 14.8 Å². The molecule has 2 aliphatic rings. The molecule has 22 heavy (non-hydrogen) atoms. The quantitative estimate of drug-likeness (QED) is 0.826. The number of ether oxygens (including phenoxy) is 3. The molecule has 2 heterocycles. The van der Waals surface area contributed by atoms with Crippen molar-refractivity contribution in [2.75, 3.05) is 26.4 Å². The molecule has 0 aliphatic carbocycles. The van der Waals surface area contributed by atoms with Gasteiger partial charge in [0.05, 0.1) is 23.1 Å². The zero-order chi connectivity index (χ0) is 16.0. The molecule has 1 aromatic carbocycles. The Hall–Kier alpha value is -1.31. The van der Waals surface area contributed by atoms with Crippen molar-refractivity contribution in [1.82, 2.24) is 4.31 Å². The number of rotatable bonds is 2. The molecule has 0 N–H and O–H groups in total. The van der Waals surface area contributed by atoms with Crippen LogP contribution in [0.2, 0.25) is 0 Å². The second-order valence-corrected chi connectivity index (χ2v) is 8.14. The maximum absolute atomic E-state index is 13.0. The van der Waals surface area contributed by atoms with Crippen LogP contribution < -0.4 is 9.47 Å². The van der Waals surface area contributed by atoms with Crippen LogP contribution in [-0.4, -0.2) is 50.7 Å². The van der Waals surface area contributed by atoms with Crippen LogP contribution >= 0.6 is 0 Å². The summed E-state index contributed by atoms with van der Waals surface area (Å²) in [7, 11) is -3.62. The lowest BCUT2D eigenvalue weighted by Crippen LogP contribution is -2.57. The van der Waals surface area contributed by atoms with Gasteiger partial charge >= 0.3 is 0 Å². The van der Waals surface area contributed by atoms with Crippen LogP contribution in [0.3, 0.4) is 0 Å². The number of sulfonamides is 1. The maximum Gasteiger partial charge on any atom is 0.243 e. The predicted molar refractivity (Wildman–Crippen MR) is 80.8 cm³/mol. The zero-order valence-corrected chi connectivity index (χ0v) is 13.9. The van der Waals surface area contributed by atoms with Gasteiger partial charge in [0.25, 0.3) is 0 Å². The third-order valence-corrected chi connectivity index (χ3v) is 5.99. The van der Waals surface area contributed by atoms with E-state index < -0.39 is 15.6 Å². The Kier molecular flexibility index (Phi) is 3.82. The SMILES string of the molecule is CC1CN(S(=O)(=O)c2ccc3c(c2)OCCO3)C(C)(C)CO1. The second kappa shape index (κ2) is 5.40. The fourth-order valence-corrected chi connectivity index (χ4v) is 4.55. The van der Waals surface area contributed by atoms with Crippen molar-refractivity contribution < 1.29 is 22.6 Å². The van der Waals surface area contributed by atoms with Crippen LogP contribution in [0.15, 0.2) is 23.1 Å². The molecule has 1 unspecified atom stereocenters. The molecule has 0 amide bonds. The van der Waals surface area contributed by atoms with Crippen LogP contribution in [0.4, 0.5) is 0 Å². The van der Waals surface area contributed by atoms with Crippen molar-refractivity contribution in [3.05, 3.63) is 18.2 Å². The maximum atomic E-state index is 13.0. The molecule has 3 rings (SSSR count). The Morgan fingerprint density at radius 3 is 2.59 bits per heavy atom. The molecular formula is C15H21NO5S. The number of hydrogen-bond acceptors (Lipinski definition) is 5. The average molecular weight is 327 g/mol. The molecule has 1 atom stereocenters.